The van der Waals surface area contributed by atoms with Gasteiger partial charge in [0.05, 0.1) is 0 Å². The molecule has 1 aromatic heterocycles. The summed E-state index contributed by atoms with van der Waals surface area (Å²) >= 11 is 0. The van der Waals surface area contributed by atoms with Crippen molar-refractivity contribution in [2.24, 2.45) is 0 Å². The molecule has 6 heteroatoms. The highest BCUT2D eigenvalue weighted by Crippen LogP contribution is 2.15. The van der Waals surface area contributed by atoms with E-state index in [2.05, 4.69) is 9.97 Å². The van der Waals surface area contributed by atoms with Crippen molar-refractivity contribution in [2.75, 3.05) is 0 Å². The van der Waals surface area contributed by atoms with Gasteiger partial charge in [0.2, 0.25) is 0 Å². The molecule has 0 fully saturated rings. The second-order valence-electron chi connectivity index (χ2n) is 4.38. The standard InChI is InChI=1S/C14H13FN2O3/c1-8-11(6-7-12(18)19)14(20)17-13(16-8)9-2-4-10(15)5-3-9/h2-5H,6-7H2,1H3,(H,18,19)(H,16,17,20). The molecule has 2 aromatic rings. The summed E-state index contributed by atoms with van der Waals surface area (Å²) < 4.78 is 12.9. The van der Waals surface area contributed by atoms with Crippen molar-refractivity contribution in [3.05, 3.63) is 51.7 Å². The molecule has 0 saturated carbocycles. The van der Waals surface area contributed by atoms with Crippen LogP contribution in [0.1, 0.15) is 17.7 Å². The molecule has 0 unspecified atom stereocenters. The van der Waals surface area contributed by atoms with Crippen molar-refractivity contribution in [3.8, 4) is 11.4 Å². The van der Waals surface area contributed by atoms with Gasteiger partial charge in [-0.05, 0) is 37.6 Å². The zero-order valence-corrected chi connectivity index (χ0v) is 10.8. The van der Waals surface area contributed by atoms with Gasteiger partial charge in [-0.3, -0.25) is 9.59 Å². The highest BCUT2D eigenvalue weighted by molar-refractivity contribution is 5.67. The van der Waals surface area contributed by atoms with Crippen LogP contribution in [0.3, 0.4) is 0 Å². The van der Waals surface area contributed by atoms with Gasteiger partial charge in [-0.25, -0.2) is 9.37 Å². The maximum absolute atomic E-state index is 12.9. The average Bonchev–Trinajstić information content (AvgIpc) is 2.38. The minimum Gasteiger partial charge on any atom is -0.481 e. The van der Waals surface area contributed by atoms with Crippen LogP contribution in [0.2, 0.25) is 0 Å². The molecule has 0 radical (unpaired) electrons. The van der Waals surface area contributed by atoms with Gasteiger partial charge < -0.3 is 10.1 Å². The number of carboxylic acid groups (broad SMARTS) is 1. The number of hydrogen-bond donors (Lipinski definition) is 2. The second-order valence-corrected chi connectivity index (χ2v) is 4.38. The summed E-state index contributed by atoms with van der Waals surface area (Å²) in [5.74, 6) is -0.996. The Morgan fingerprint density at radius 3 is 2.55 bits per heavy atom. The fraction of sp³-hybridized carbons (Fsp3) is 0.214. The zero-order valence-electron chi connectivity index (χ0n) is 10.8. The van der Waals surface area contributed by atoms with E-state index in [1.165, 1.54) is 24.3 Å². The molecule has 0 atom stereocenters. The van der Waals surface area contributed by atoms with Crippen molar-refractivity contribution in [3.63, 3.8) is 0 Å². The lowest BCUT2D eigenvalue weighted by Crippen LogP contribution is -2.18. The summed E-state index contributed by atoms with van der Waals surface area (Å²) in [7, 11) is 0. The molecule has 5 nitrogen and oxygen atoms in total. The first-order valence-electron chi connectivity index (χ1n) is 6.05. The Hall–Kier alpha value is -2.50. The number of rotatable bonds is 4. The van der Waals surface area contributed by atoms with Crippen LogP contribution < -0.4 is 5.56 Å². The van der Waals surface area contributed by atoms with Crippen molar-refractivity contribution in [2.45, 2.75) is 19.8 Å². The fourth-order valence-corrected chi connectivity index (χ4v) is 1.88. The quantitative estimate of drug-likeness (QED) is 0.893. The molecular weight excluding hydrogens is 263 g/mol. The van der Waals surface area contributed by atoms with Gasteiger partial charge in [0.15, 0.2) is 0 Å². The summed E-state index contributed by atoms with van der Waals surface area (Å²) in [5.41, 5.74) is 1.07. The number of aromatic amines is 1. The third kappa shape index (κ3) is 3.09. The number of halogens is 1. The lowest BCUT2D eigenvalue weighted by Gasteiger charge is -2.06. The van der Waals surface area contributed by atoms with Crippen molar-refractivity contribution in [1.82, 2.24) is 9.97 Å². The first kappa shape index (κ1) is 13.9. The Bertz CT molecular complexity index is 693. The van der Waals surface area contributed by atoms with Gasteiger partial charge >= 0.3 is 5.97 Å². The van der Waals surface area contributed by atoms with E-state index >= 15 is 0 Å². The van der Waals surface area contributed by atoms with E-state index in [0.29, 0.717) is 22.6 Å². The summed E-state index contributed by atoms with van der Waals surface area (Å²) in [5, 5.41) is 8.65. The molecule has 0 saturated heterocycles. The number of nitrogens with one attached hydrogen (secondary N) is 1. The number of benzene rings is 1. The molecule has 0 amide bonds. The van der Waals surface area contributed by atoms with Crippen LogP contribution in [0.15, 0.2) is 29.1 Å². The fourth-order valence-electron chi connectivity index (χ4n) is 1.88. The first-order chi connectivity index (χ1) is 9.47. The van der Waals surface area contributed by atoms with Gasteiger partial charge in [0.25, 0.3) is 5.56 Å². The molecule has 2 rings (SSSR count). The van der Waals surface area contributed by atoms with E-state index in [4.69, 9.17) is 5.11 Å². The van der Waals surface area contributed by atoms with Crippen LogP contribution in [0.25, 0.3) is 11.4 Å². The molecule has 1 aromatic carbocycles. The Labute approximate surface area is 114 Å². The normalized spacial score (nSPS) is 10.5. The van der Waals surface area contributed by atoms with E-state index in [0.717, 1.165) is 0 Å². The molecule has 104 valence electrons. The molecule has 1 heterocycles. The van der Waals surface area contributed by atoms with Crippen LogP contribution in [0.4, 0.5) is 4.39 Å². The lowest BCUT2D eigenvalue weighted by atomic mass is 10.1. The number of nitrogens with zero attached hydrogens (tertiary/aromatic N) is 1. The summed E-state index contributed by atoms with van der Waals surface area (Å²) in [4.78, 5) is 29.3. The molecule has 2 N–H and O–H groups in total. The smallest absolute Gasteiger partial charge is 0.303 e. The predicted molar refractivity (Wildman–Crippen MR) is 70.9 cm³/mol. The highest BCUT2D eigenvalue weighted by atomic mass is 19.1. The number of hydrogen-bond acceptors (Lipinski definition) is 3. The number of aryl methyl sites for hydroxylation is 1. The van der Waals surface area contributed by atoms with Crippen LogP contribution in [-0.2, 0) is 11.2 Å². The molecule has 20 heavy (non-hydrogen) atoms. The molecular formula is C14H13FN2O3. The first-order valence-corrected chi connectivity index (χ1v) is 6.05. The molecule has 0 aliphatic heterocycles. The Morgan fingerprint density at radius 2 is 2.00 bits per heavy atom. The summed E-state index contributed by atoms with van der Waals surface area (Å²) in [6.07, 6.45) is 0.00862. The lowest BCUT2D eigenvalue weighted by molar-refractivity contribution is -0.136. The SMILES string of the molecule is Cc1nc(-c2ccc(F)cc2)[nH]c(=O)c1CCC(=O)O. The zero-order chi connectivity index (χ0) is 14.7. The van der Waals surface area contributed by atoms with E-state index in [1.807, 2.05) is 0 Å². The van der Waals surface area contributed by atoms with Crippen LogP contribution in [-0.4, -0.2) is 21.0 Å². The summed E-state index contributed by atoms with van der Waals surface area (Å²) in [6, 6.07) is 5.60. The van der Waals surface area contributed by atoms with Crippen LogP contribution in [0.5, 0.6) is 0 Å². The molecule has 0 aliphatic rings. The number of carboxylic acids is 1. The largest absolute Gasteiger partial charge is 0.481 e. The average molecular weight is 276 g/mol. The van der Waals surface area contributed by atoms with Gasteiger partial charge in [0.1, 0.15) is 11.6 Å². The Balaban J connectivity index is 2.37. The topological polar surface area (TPSA) is 83.0 Å². The van der Waals surface area contributed by atoms with Gasteiger partial charge in [0, 0.05) is 23.2 Å². The second kappa shape index (κ2) is 5.64. The van der Waals surface area contributed by atoms with Crippen molar-refractivity contribution in [1.29, 1.82) is 0 Å². The monoisotopic (exact) mass is 276 g/mol. The van der Waals surface area contributed by atoms with Gasteiger partial charge in [-0.1, -0.05) is 0 Å². The van der Waals surface area contributed by atoms with Crippen LogP contribution in [0, 0.1) is 12.7 Å². The van der Waals surface area contributed by atoms with E-state index in [-0.39, 0.29) is 24.2 Å². The molecule has 0 bridgehead atoms. The Kier molecular flexibility index (Phi) is 3.93. The van der Waals surface area contributed by atoms with Crippen molar-refractivity contribution < 1.29 is 14.3 Å². The minimum absolute atomic E-state index is 0.124. The molecule has 0 aliphatic carbocycles. The maximum Gasteiger partial charge on any atom is 0.303 e. The third-order valence-electron chi connectivity index (χ3n) is 2.93. The van der Waals surface area contributed by atoms with Crippen molar-refractivity contribution >= 4 is 5.97 Å². The van der Waals surface area contributed by atoms with E-state index in [1.54, 1.807) is 6.92 Å². The predicted octanol–water partition coefficient (Wildman–Crippen LogP) is 1.90. The van der Waals surface area contributed by atoms with Crippen LogP contribution >= 0.6 is 0 Å². The number of H-pyrrole nitrogens is 1. The number of carbonyl (C=O) groups is 1. The maximum atomic E-state index is 12.9. The van der Waals surface area contributed by atoms with E-state index < -0.39 is 5.97 Å². The minimum atomic E-state index is -0.966. The van der Waals surface area contributed by atoms with Gasteiger partial charge in [-0.2, -0.15) is 0 Å². The molecule has 0 spiro atoms. The van der Waals surface area contributed by atoms with E-state index in [9.17, 15) is 14.0 Å². The summed E-state index contributed by atoms with van der Waals surface area (Å²) in [6.45, 7) is 1.65. The Morgan fingerprint density at radius 1 is 1.35 bits per heavy atom. The number of aliphatic carboxylic acids is 1. The highest BCUT2D eigenvalue weighted by Gasteiger charge is 2.11. The third-order valence-corrected chi connectivity index (χ3v) is 2.93. The van der Waals surface area contributed by atoms with Gasteiger partial charge in [-0.15, -0.1) is 0 Å². The number of aromatic nitrogens is 2.